The van der Waals surface area contributed by atoms with Crippen LogP contribution in [0.5, 0.6) is 0 Å². The van der Waals surface area contributed by atoms with Gasteiger partial charge in [-0.2, -0.15) is 0 Å². The Morgan fingerprint density at radius 3 is 2.78 bits per heavy atom. The van der Waals surface area contributed by atoms with E-state index in [1.807, 2.05) is 39.0 Å². The molecule has 3 heterocycles. The van der Waals surface area contributed by atoms with Crippen molar-refractivity contribution in [2.45, 2.75) is 26.9 Å². The summed E-state index contributed by atoms with van der Waals surface area (Å²) in [5.74, 6) is -0.400. The summed E-state index contributed by atoms with van der Waals surface area (Å²) >= 11 is 0. The van der Waals surface area contributed by atoms with E-state index in [1.54, 1.807) is 6.08 Å². The van der Waals surface area contributed by atoms with Crippen LogP contribution in [-0.2, 0) is 9.53 Å². The van der Waals surface area contributed by atoms with Crippen molar-refractivity contribution in [3.05, 3.63) is 51.8 Å². The van der Waals surface area contributed by atoms with Gasteiger partial charge in [-0.15, -0.1) is 0 Å². The third kappa shape index (κ3) is 4.62. The molecular formula is C24H30N4O4. The molecule has 8 nitrogen and oxygen atoms in total. The molecule has 1 atom stereocenters. The van der Waals surface area contributed by atoms with Crippen LogP contribution in [0.25, 0.3) is 11.6 Å². The molecule has 1 saturated heterocycles. The summed E-state index contributed by atoms with van der Waals surface area (Å²) in [6.07, 6.45) is 1.15. The Balaban J connectivity index is 1.47. The van der Waals surface area contributed by atoms with E-state index in [1.165, 1.54) is 0 Å². The zero-order chi connectivity index (χ0) is 22.8. The molecule has 1 fully saturated rings. The number of carbonyl (C=O) groups excluding carboxylic acids is 2. The number of β-amino-alcohol motifs (C(OH)–C–C–N with tert-alkyl or cyclic N) is 1. The molecule has 2 aromatic rings. The number of rotatable bonds is 6. The molecule has 0 saturated carbocycles. The molecule has 170 valence electrons. The minimum absolute atomic E-state index is 0.158. The number of hydrogen-bond donors (Lipinski definition) is 4. The Kier molecular flexibility index (Phi) is 6.45. The molecular weight excluding hydrogens is 408 g/mol. The van der Waals surface area contributed by atoms with Crippen LogP contribution in [0.1, 0.15) is 38.4 Å². The Labute approximate surface area is 187 Å². The molecule has 0 bridgehead atoms. The van der Waals surface area contributed by atoms with Crippen LogP contribution in [-0.4, -0.2) is 72.3 Å². The van der Waals surface area contributed by atoms with Crippen molar-refractivity contribution in [1.29, 1.82) is 0 Å². The zero-order valence-electron chi connectivity index (χ0n) is 18.7. The predicted octanol–water partition coefficient (Wildman–Crippen LogP) is 1.86. The second-order valence-electron chi connectivity index (χ2n) is 8.50. The molecule has 1 aromatic carbocycles. The Bertz CT molecular complexity index is 1070. The summed E-state index contributed by atoms with van der Waals surface area (Å²) in [6, 6.07) is 5.84. The van der Waals surface area contributed by atoms with Gasteiger partial charge in [0.25, 0.3) is 11.8 Å². The molecule has 0 unspecified atom stereocenters. The van der Waals surface area contributed by atoms with Gasteiger partial charge >= 0.3 is 0 Å². The minimum Gasteiger partial charge on any atom is -0.390 e. The lowest BCUT2D eigenvalue weighted by Gasteiger charge is -2.28. The average molecular weight is 439 g/mol. The summed E-state index contributed by atoms with van der Waals surface area (Å²) in [5, 5.41) is 16.0. The number of benzene rings is 1. The maximum Gasteiger partial charge on any atom is 0.256 e. The van der Waals surface area contributed by atoms with Crippen LogP contribution in [0, 0.1) is 20.8 Å². The first-order chi connectivity index (χ1) is 15.3. The number of hydrogen-bond acceptors (Lipinski definition) is 5. The fraction of sp³-hybridized carbons (Fsp3) is 0.417. The van der Waals surface area contributed by atoms with Crippen molar-refractivity contribution >= 4 is 29.2 Å². The van der Waals surface area contributed by atoms with E-state index >= 15 is 0 Å². The first-order valence-corrected chi connectivity index (χ1v) is 10.9. The summed E-state index contributed by atoms with van der Waals surface area (Å²) < 4.78 is 5.32. The number of morpholine rings is 1. The van der Waals surface area contributed by atoms with Gasteiger partial charge in [-0.05, 0) is 44.5 Å². The third-order valence-corrected chi connectivity index (χ3v) is 6.02. The normalized spacial score (nSPS) is 18.5. The SMILES string of the molecule is Cc1ccc2c(c1)/C(=C/c1[nH]c(C)c(C(=O)NC[C@@H](O)CN3CCOCC3)c1C)C(=O)N2. The molecule has 2 aliphatic rings. The number of ether oxygens (including phenoxy) is 1. The molecule has 8 heteroatoms. The lowest BCUT2D eigenvalue weighted by Crippen LogP contribution is -2.44. The maximum absolute atomic E-state index is 12.9. The first kappa shape index (κ1) is 22.3. The van der Waals surface area contributed by atoms with Crippen LogP contribution in [0.2, 0.25) is 0 Å². The number of H-pyrrole nitrogens is 1. The van der Waals surface area contributed by atoms with E-state index in [-0.39, 0.29) is 18.4 Å². The van der Waals surface area contributed by atoms with E-state index in [9.17, 15) is 14.7 Å². The lowest BCUT2D eigenvalue weighted by atomic mass is 10.0. The highest BCUT2D eigenvalue weighted by atomic mass is 16.5. The summed E-state index contributed by atoms with van der Waals surface area (Å²) in [4.78, 5) is 30.7. The topological polar surface area (TPSA) is 107 Å². The van der Waals surface area contributed by atoms with Gasteiger partial charge in [-0.3, -0.25) is 14.5 Å². The smallest absolute Gasteiger partial charge is 0.256 e. The number of carbonyl (C=O) groups is 2. The summed E-state index contributed by atoms with van der Waals surface area (Å²) in [5.41, 5.74) is 6.04. The second kappa shape index (κ2) is 9.28. The van der Waals surface area contributed by atoms with Gasteiger partial charge in [-0.1, -0.05) is 11.6 Å². The molecule has 0 spiro atoms. The van der Waals surface area contributed by atoms with Crippen LogP contribution < -0.4 is 10.6 Å². The second-order valence-corrected chi connectivity index (χ2v) is 8.50. The van der Waals surface area contributed by atoms with Crippen molar-refractivity contribution in [2.75, 3.05) is 44.7 Å². The highest BCUT2D eigenvalue weighted by molar-refractivity contribution is 6.35. The van der Waals surface area contributed by atoms with E-state index in [4.69, 9.17) is 4.74 Å². The van der Waals surface area contributed by atoms with Crippen molar-refractivity contribution < 1.29 is 19.4 Å². The highest BCUT2D eigenvalue weighted by Gasteiger charge is 2.26. The van der Waals surface area contributed by atoms with Gasteiger partial charge in [0.15, 0.2) is 0 Å². The van der Waals surface area contributed by atoms with E-state index in [0.717, 1.165) is 46.9 Å². The summed E-state index contributed by atoms with van der Waals surface area (Å²) in [7, 11) is 0. The van der Waals surface area contributed by atoms with Crippen LogP contribution in [0.4, 0.5) is 5.69 Å². The van der Waals surface area contributed by atoms with Gasteiger partial charge in [0.05, 0.1) is 30.5 Å². The quantitative estimate of drug-likeness (QED) is 0.515. The average Bonchev–Trinajstić information content (AvgIpc) is 3.22. The van der Waals surface area contributed by atoms with Crippen molar-refractivity contribution in [1.82, 2.24) is 15.2 Å². The Hall–Kier alpha value is -2.94. The molecule has 2 amide bonds. The fourth-order valence-electron chi connectivity index (χ4n) is 4.29. The number of amides is 2. The largest absolute Gasteiger partial charge is 0.390 e. The number of anilines is 1. The van der Waals surface area contributed by atoms with Gasteiger partial charge in [0.2, 0.25) is 0 Å². The maximum atomic E-state index is 12.9. The monoisotopic (exact) mass is 438 g/mol. The number of aliphatic hydroxyl groups is 1. The molecule has 4 rings (SSSR count). The van der Waals surface area contributed by atoms with Crippen molar-refractivity contribution in [3.63, 3.8) is 0 Å². The van der Waals surface area contributed by atoms with Crippen molar-refractivity contribution in [2.24, 2.45) is 0 Å². The molecule has 4 N–H and O–H groups in total. The van der Waals surface area contributed by atoms with Gasteiger partial charge < -0.3 is 25.5 Å². The standard InChI is InChI=1S/C24H30N4O4/c1-14-4-5-20-18(10-14)19(23(30)27-20)11-21-15(2)22(16(3)26-21)24(31)25-12-17(29)13-28-6-8-32-9-7-28/h4-5,10-11,17,26,29H,6-9,12-13H2,1-3H3,(H,25,31)(H,27,30)/b19-11-/t17-/m1/s1. The molecule has 0 radical (unpaired) electrons. The minimum atomic E-state index is -0.653. The molecule has 0 aliphatic carbocycles. The number of aromatic nitrogens is 1. The number of nitrogens with one attached hydrogen (secondary N) is 3. The van der Waals surface area contributed by atoms with Gasteiger partial charge in [-0.25, -0.2) is 0 Å². The van der Waals surface area contributed by atoms with Crippen molar-refractivity contribution in [3.8, 4) is 0 Å². The number of aromatic amines is 1. The number of fused-ring (bicyclic) bond motifs is 1. The molecule has 1 aromatic heterocycles. The zero-order valence-corrected chi connectivity index (χ0v) is 18.7. The highest BCUT2D eigenvalue weighted by Crippen LogP contribution is 2.34. The number of aliphatic hydroxyl groups excluding tert-OH is 1. The van der Waals surface area contributed by atoms with Crippen LogP contribution in [0.15, 0.2) is 18.2 Å². The Morgan fingerprint density at radius 1 is 1.28 bits per heavy atom. The Morgan fingerprint density at radius 2 is 2.03 bits per heavy atom. The lowest BCUT2D eigenvalue weighted by molar-refractivity contribution is -0.110. The van der Waals surface area contributed by atoms with E-state index in [0.29, 0.717) is 30.9 Å². The van der Waals surface area contributed by atoms with Gasteiger partial charge in [0.1, 0.15) is 0 Å². The molecule has 32 heavy (non-hydrogen) atoms. The molecule has 2 aliphatic heterocycles. The first-order valence-electron chi connectivity index (χ1n) is 10.9. The van der Waals surface area contributed by atoms with Crippen LogP contribution in [0.3, 0.4) is 0 Å². The van der Waals surface area contributed by atoms with Crippen LogP contribution >= 0.6 is 0 Å². The van der Waals surface area contributed by atoms with E-state index < -0.39 is 6.10 Å². The number of aryl methyl sites for hydroxylation is 2. The van der Waals surface area contributed by atoms with Gasteiger partial charge in [0, 0.05) is 48.8 Å². The fourth-order valence-corrected chi connectivity index (χ4v) is 4.29. The number of nitrogens with zero attached hydrogens (tertiary/aromatic N) is 1. The predicted molar refractivity (Wildman–Crippen MR) is 124 cm³/mol. The van der Waals surface area contributed by atoms with E-state index in [2.05, 4.69) is 20.5 Å². The summed E-state index contributed by atoms with van der Waals surface area (Å²) in [6.45, 7) is 9.26. The third-order valence-electron chi connectivity index (χ3n) is 6.02.